The molecule has 1 heterocycles. The van der Waals surface area contributed by atoms with Gasteiger partial charge in [0.25, 0.3) is 5.91 Å². The van der Waals surface area contributed by atoms with Crippen LogP contribution in [0.2, 0.25) is 5.02 Å². The van der Waals surface area contributed by atoms with Crippen LogP contribution in [0.1, 0.15) is 27.9 Å². The Morgan fingerprint density at radius 3 is 2.50 bits per heavy atom. The topological polar surface area (TPSA) is 62.3 Å². The van der Waals surface area contributed by atoms with Gasteiger partial charge in [0.15, 0.2) is 5.13 Å². The van der Waals surface area contributed by atoms with E-state index in [9.17, 15) is 9.59 Å². The number of hydrogen-bond acceptors (Lipinski definition) is 4. The molecule has 0 unspecified atom stereocenters. The Labute approximate surface area is 195 Å². The summed E-state index contributed by atoms with van der Waals surface area (Å²) in [6.45, 7) is 4.22. The van der Waals surface area contributed by atoms with E-state index in [4.69, 9.17) is 16.6 Å². The van der Waals surface area contributed by atoms with E-state index >= 15 is 0 Å². The van der Waals surface area contributed by atoms with Crippen molar-refractivity contribution in [3.8, 4) is 0 Å². The van der Waals surface area contributed by atoms with Crippen molar-refractivity contribution in [1.29, 1.82) is 0 Å². The summed E-state index contributed by atoms with van der Waals surface area (Å²) in [7, 11) is 0. The molecule has 32 heavy (non-hydrogen) atoms. The molecule has 0 aliphatic rings. The van der Waals surface area contributed by atoms with Crippen molar-refractivity contribution >= 4 is 55.8 Å². The second-order valence-electron chi connectivity index (χ2n) is 7.50. The van der Waals surface area contributed by atoms with E-state index in [0.29, 0.717) is 15.7 Å². The molecule has 0 saturated carbocycles. The molecule has 162 valence electrons. The molecule has 0 aliphatic carbocycles. The van der Waals surface area contributed by atoms with Crippen LogP contribution in [0.4, 0.5) is 10.8 Å². The molecule has 4 rings (SSSR count). The number of fused-ring (bicyclic) bond motifs is 1. The average molecular weight is 464 g/mol. The predicted octanol–water partition coefficient (Wildman–Crippen LogP) is 6.05. The van der Waals surface area contributed by atoms with Gasteiger partial charge in [-0.15, -0.1) is 0 Å². The van der Waals surface area contributed by atoms with Gasteiger partial charge in [-0.05, 0) is 61.9 Å². The van der Waals surface area contributed by atoms with Gasteiger partial charge in [0.05, 0.1) is 15.9 Å². The number of aryl methyl sites for hydroxylation is 2. The Kier molecular flexibility index (Phi) is 6.53. The van der Waals surface area contributed by atoms with Crippen molar-refractivity contribution in [1.82, 2.24) is 10.3 Å². The molecule has 0 spiro atoms. The molecule has 0 radical (unpaired) electrons. The lowest BCUT2D eigenvalue weighted by molar-refractivity contribution is -0.117. The summed E-state index contributed by atoms with van der Waals surface area (Å²) >= 11 is 7.35. The van der Waals surface area contributed by atoms with Crippen LogP contribution in [-0.4, -0.2) is 23.3 Å². The molecule has 4 aromatic rings. The van der Waals surface area contributed by atoms with E-state index in [2.05, 4.69) is 5.32 Å². The number of nitrogens with one attached hydrogen (secondary N) is 1. The number of nitrogens with zero attached hydrogens (tertiary/aromatic N) is 2. The van der Waals surface area contributed by atoms with Gasteiger partial charge in [0.1, 0.15) is 0 Å². The van der Waals surface area contributed by atoms with Crippen molar-refractivity contribution < 1.29 is 9.59 Å². The summed E-state index contributed by atoms with van der Waals surface area (Å²) in [6, 6.07) is 20.4. The summed E-state index contributed by atoms with van der Waals surface area (Å²) in [4.78, 5) is 32.1. The maximum atomic E-state index is 13.3. The summed E-state index contributed by atoms with van der Waals surface area (Å²) in [5, 5.41) is 4.00. The fourth-order valence-corrected chi connectivity index (χ4v) is 4.58. The van der Waals surface area contributed by atoms with E-state index in [1.807, 2.05) is 56.3 Å². The highest BCUT2D eigenvalue weighted by molar-refractivity contribution is 7.22. The smallest absolute Gasteiger partial charge is 0.251 e. The lowest BCUT2D eigenvalue weighted by Gasteiger charge is -2.22. The van der Waals surface area contributed by atoms with Crippen LogP contribution < -0.4 is 10.2 Å². The molecule has 3 aromatic carbocycles. The zero-order valence-corrected chi connectivity index (χ0v) is 19.3. The number of para-hydroxylation sites is 1. The van der Waals surface area contributed by atoms with E-state index < -0.39 is 0 Å². The van der Waals surface area contributed by atoms with Gasteiger partial charge in [0, 0.05) is 23.6 Å². The monoisotopic (exact) mass is 463 g/mol. The first-order valence-corrected chi connectivity index (χ1v) is 11.4. The number of aromatic nitrogens is 1. The van der Waals surface area contributed by atoms with Gasteiger partial charge in [-0.3, -0.25) is 14.5 Å². The molecule has 0 fully saturated rings. The lowest BCUT2D eigenvalue weighted by atomic mass is 10.1. The molecule has 7 heteroatoms. The predicted molar refractivity (Wildman–Crippen MR) is 131 cm³/mol. The van der Waals surface area contributed by atoms with E-state index in [-0.39, 0.29) is 24.8 Å². The highest BCUT2D eigenvalue weighted by atomic mass is 35.5. The number of rotatable bonds is 6. The van der Waals surface area contributed by atoms with Crippen LogP contribution in [0, 0.1) is 13.8 Å². The van der Waals surface area contributed by atoms with Gasteiger partial charge < -0.3 is 5.32 Å². The number of amides is 2. The zero-order valence-electron chi connectivity index (χ0n) is 17.8. The first-order chi connectivity index (χ1) is 15.4. The minimum absolute atomic E-state index is 0.132. The first-order valence-electron chi connectivity index (χ1n) is 10.2. The molecular formula is C25H22ClN3O2S. The van der Waals surface area contributed by atoms with Crippen LogP contribution in [0.5, 0.6) is 0 Å². The maximum Gasteiger partial charge on any atom is 0.251 e. The minimum Gasteiger partial charge on any atom is -0.352 e. The van der Waals surface area contributed by atoms with Crippen LogP contribution >= 0.6 is 22.9 Å². The number of anilines is 2. The third kappa shape index (κ3) is 4.82. The Bertz CT molecular complexity index is 1250. The van der Waals surface area contributed by atoms with Gasteiger partial charge in [-0.1, -0.05) is 52.8 Å². The second-order valence-corrected chi connectivity index (χ2v) is 8.94. The molecular weight excluding hydrogens is 442 g/mol. The van der Waals surface area contributed by atoms with E-state index in [1.165, 1.54) is 11.3 Å². The minimum atomic E-state index is -0.243. The van der Waals surface area contributed by atoms with Crippen LogP contribution in [0.25, 0.3) is 10.2 Å². The third-order valence-electron chi connectivity index (χ3n) is 5.05. The van der Waals surface area contributed by atoms with Crippen molar-refractivity contribution in [3.63, 3.8) is 0 Å². The summed E-state index contributed by atoms with van der Waals surface area (Å²) in [5.41, 5.74) is 4.26. The van der Waals surface area contributed by atoms with E-state index in [0.717, 1.165) is 27.0 Å². The Morgan fingerprint density at radius 1 is 1.03 bits per heavy atom. The van der Waals surface area contributed by atoms with E-state index in [1.54, 1.807) is 29.2 Å². The fraction of sp³-hybridized carbons (Fsp3) is 0.160. The van der Waals surface area contributed by atoms with Crippen LogP contribution in [-0.2, 0) is 4.79 Å². The number of benzene rings is 3. The standard InChI is InChI=1S/C25H22ClN3O2S/c1-16-7-12-21(17(2)15-16)29(25-28-20-5-3-4-6-22(20)32-25)23(30)13-14-27-24(31)18-8-10-19(26)11-9-18/h3-12,15H,13-14H2,1-2H3,(H,27,31). The highest BCUT2D eigenvalue weighted by Gasteiger charge is 2.23. The van der Waals surface area contributed by atoms with Gasteiger partial charge >= 0.3 is 0 Å². The Balaban J connectivity index is 1.56. The number of carbonyl (C=O) groups excluding carboxylic acids is 2. The fourth-order valence-electron chi connectivity index (χ4n) is 3.45. The zero-order chi connectivity index (χ0) is 22.7. The highest BCUT2D eigenvalue weighted by Crippen LogP contribution is 2.35. The molecule has 0 atom stereocenters. The molecule has 0 bridgehead atoms. The molecule has 0 aliphatic heterocycles. The molecule has 1 aromatic heterocycles. The third-order valence-corrected chi connectivity index (χ3v) is 6.32. The molecule has 0 saturated heterocycles. The number of carbonyl (C=O) groups is 2. The van der Waals surface area contributed by atoms with Gasteiger partial charge in [0.2, 0.25) is 5.91 Å². The molecule has 1 N–H and O–H groups in total. The lowest BCUT2D eigenvalue weighted by Crippen LogP contribution is -2.32. The summed E-state index contributed by atoms with van der Waals surface area (Å²) in [6.07, 6.45) is 0.141. The Hall–Kier alpha value is -3.22. The summed E-state index contributed by atoms with van der Waals surface area (Å²) < 4.78 is 1.01. The number of hydrogen-bond donors (Lipinski definition) is 1. The van der Waals surface area contributed by atoms with Crippen molar-refractivity contribution in [2.24, 2.45) is 0 Å². The van der Waals surface area contributed by atoms with Gasteiger partial charge in [-0.25, -0.2) is 4.98 Å². The summed E-state index contributed by atoms with van der Waals surface area (Å²) in [5.74, 6) is -0.375. The van der Waals surface area contributed by atoms with Crippen LogP contribution in [0.15, 0.2) is 66.7 Å². The quantitative estimate of drug-likeness (QED) is 0.378. The molecule has 5 nitrogen and oxygen atoms in total. The average Bonchev–Trinajstić information content (AvgIpc) is 3.19. The number of thiazole rings is 1. The first kappa shape index (κ1) is 22.0. The number of halogens is 1. The Morgan fingerprint density at radius 2 is 1.78 bits per heavy atom. The van der Waals surface area contributed by atoms with Crippen molar-refractivity contribution in [2.75, 3.05) is 11.4 Å². The normalized spacial score (nSPS) is 10.8. The van der Waals surface area contributed by atoms with Crippen LogP contribution in [0.3, 0.4) is 0 Å². The largest absolute Gasteiger partial charge is 0.352 e. The van der Waals surface area contributed by atoms with Crippen molar-refractivity contribution in [2.45, 2.75) is 20.3 Å². The SMILES string of the molecule is Cc1ccc(N(C(=O)CCNC(=O)c2ccc(Cl)cc2)c2nc3ccccc3s2)c(C)c1. The van der Waals surface area contributed by atoms with Gasteiger partial charge in [-0.2, -0.15) is 0 Å². The van der Waals surface area contributed by atoms with Crippen molar-refractivity contribution in [3.05, 3.63) is 88.4 Å². The second kappa shape index (κ2) is 9.51. The maximum absolute atomic E-state index is 13.3. The molecule has 2 amide bonds.